The van der Waals surface area contributed by atoms with Crippen LogP contribution in [-0.4, -0.2) is 48.9 Å². The first-order valence-corrected chi connectivity index (χ1v) is 9.92. The van der Waals surface area contributed by atoms with Gasteiger partial charge in [0.05, 0.1) is 12.1 Å². The lowest BCUT2D eigenvalue weighted by Crippen LogP contribution is -2.53. The molecule has 4 atom stereocenters. The molecule has 2 heterocycles. The van der Waals surface area contributed by atoms with E-state index in [-0.39, 0.29) is 35.6 Å². The minimum absolute atomic E-state index is 0.0601. The second-order valence-electron chi connectivity index (χ2n) is 7.90. The van der Waals surface area contributed by atoms with Crippen LogP contribution in [0, 0.1) is 23.2 Å². The number of nitriles is 1. The summed E-state index contributed by atoms with van der Waals surface area (Å²) >= 11 is 0. The molecule has 2 aliphatic rings. The molecule has 0 aromatic carbocycles. The number of carbonyl (C=O) groups excluding carboxylic acids is 3. The fourth-order valence-corrected chi connectivity index (χ4v) is 3.64. The molecule has 0 aliphatic carbocycles. The highest BCUT2D eigenvalue weighted by atomic mass is 16.2. The van der Waals surface area contributed by atoms with E-state index in [1.807, 2.05) is 13.8 Å². The molecule has 2 aliphatic heterocycles. The summed E-state index contributed by atoms with van der Waals surface area (Å²) < 4.78 is 0. The van der Waals surface area contributed by atoms with Gasteiger partial charge in [0.1, 0.15) is 12.1 Å². The summed E-state index contributed by atoms with van der Waals surface area (Å²) in [4.78, 5) is 37.0. The lowest BCUT2D eigenvalue weighted by molar-refractivity contribution is -0.130. The van der Waals surface area contributed by atoms with Gasteiger partial charge in [0.2, 0.25) is 17.7 Å². The number of nitrogens with one attached hydrogen (secondary N) is 4. The van der Waals surface area contributed by atoms with Crippen molar-refractivity contribution < 1.29 is 14.4 Å². The first-order valence-electron chi connectivity index (χ1n) is 9.92. The maximum atomic E-state index is 12.7. The predicted octanol–water partition coefficient (Wildman–Crippen LogP) is 0.194. The molecule has 2 saturated heterocycles. The van der Waals surface area contributed by atoms with E-state index < -0.39 is 12.1 Å². The van der Waals surface area contributed by atoms with Crippen molar-refractivity contribution in [3.63, 3.8) is 0 Å². The van der Waals surface area contributed by atoms with Gasteiger partial charge >= 0.3 is 0 Å². The minimum Gasteiger partial charge on any atom is -0.356 e. The first kappa shape index (κ1) is 21.2. The summed E-state index contributed by atoms with van der Waals surface area (Å²) in [6, 6.07) is 0.389. The van der Waals surface area contributed by atoms with Crippen LogP contribution in [0.25, 0.3) is 0 Å². The predicted molar refractivity (Wildman–Crippen MR) is 100 cm³/mol. The van der Waals surface area contributed by atoms with Crippen molar-refractivity contribution in [2.75, 3.05) is 13.1 Å². The van der Waals surface area contributed by atoms with Crippen LogP contribution < -0.4 is 21.3 Å². The SMILES string of the molecule is CC(C)C[C@H](NC(=O)C1CCCN1)C(=O)N[C@H](C#N)C[C@@H]1CCCNC1=O. The van der Waals surface area contributed by atoms with Crippen molar-refractivity contribution in [2.24, 2.45) is 11.8 Å². The quantitative estimate of drug-likeness (QED) is 0.481. The van der Waals surface area contributed by atoms with Gasteiger partial charge in [0, 0.05) is 12.5 Å². The van der Waals surface area contributed by atoms with Crippen LogP contribution in [-0.2, 0) is 14.4 Å². The van der Waals surface area contributed by atoms with Gasteiger partial charge in [0.25, 0.3) is 0 Å². The molecule has 0 saturated carbocycles. The zero-order chi connectivity index (χ0) is 19.8. The second kappa shape index (κ2) is 10.3. The Labute approximate surface area is 160 Å². The Morgan fingerprint density at radius 1 is 1.22 bits per heavy atom. The molecular formula is C19H31N5O3. The number of rotatable bonds is 8. The third kappa shape index (κ3) is 6.51. The average molecular weight is 377 g/mol. The summed E-state index contributed by atoms with van der Waals surface area (Å²) in [7, 11) is 0. The number of hydrogen-bond donors (Lipinski definition) is 4. The number of amides is 3. The largest absolute Gasteiger partial charge is 0.356 e. The van der Waals surface area contributed by atoms with Crippen LogP contribution in [0.3, 0.4) is 0 Å². The molecule has 0 radical (unpaired) electrons. The maximum absolute atomic E-state index is 12.7. The Morgan fingerprint density at radius 2 is 1.96 bits per heavy atom. The molecule has 0 aromatic rings. The van der Waals surface area contributed by atoms with Crippen LogP contribution in [0.5, 0.6) is 0 Å². The molecule has 8 heteroatoms. The van der Waals surface area contributed by atoms with Crippen molar-refractivity contribution >= 4 is 17.7 Å². The second-order valence-corrected chi connectivity index (χ2v) is 7.90. The van der Waals surface area contributed by atoms with Crippen molar-refractivity contribution in [3.8, 4) is 6.07 Å². The van der Waals surface area contributed by atoms with E-state index in [0.717, 1.165) is 32.2 Å². The van der Waals surface area contributed by atoms with E-state index in [1.54, 1.807) is 0 Å². The highest BCUT2D eigenvalue weighted by molar-refractivity contribution is 5.90. The van der Waals surface area contributed by atoms with E-state index in [9.17, 15) is 19.6 Å². The van der Waals surface area contributed by atoms with Gasteiger partial charge in [-0.05, 0) is 51.0 Å². The van der Waals surface area contributed by atoms with E-state index in [4.69, 9.17) is 0 Å². The van der Waals surface area contributed by atoms with Crippen LogP contribution in [0.1, 0.15) is 52.4 Å². The van der Waals surface area contributed by atoms with Gasteiger partial charge in [-0.25, -0.2) is 0 Å². The Balaban J connectivity index is 1.94. The fourth-order valence-electron chi connectivity index (χ4n) is 3.64. The average Bonchev–Trinajstić information content (AvgIpc) is 3.16. The molecule has 8 nitrogen and oxygen atoms in total. The third-order valence-corrected chi connectivity index (χ3v) is 5.11. The van der Waals surface area contributed by atoms with Crippen molar-refractivity contribution in [1.29, 1.82) is 5.26 Å². The van der Waals surface area contributed by atoms with Gasteiger partial charge in [-0.3, -0.25) is 14.4 Å². The number of piperidine rings is 1. The Morgan fingerprint density at radius 3 is 2.56 bits per heavy atom. The van der Waals surface area contributed by atoms with Gasteiger partial charge in [0.15, 0.2) is 0 Å². The third-order valence-electron chi connectivity index (χ3n) is 5.11. The molecule has 0 aromatic heterocycles. The Hall–Kier alpha value is -2.14. The summed E-state index contributed by atoms with van der Waals surface area (Å²) in [6.07, 6.45) is 4.09. The van der Waals surface area contributed by atoms with Crippen molar-refractivity contribution in [3.05, 3.63) is 0 Å². The van der Waals surface area contributed by atoms with E-state index in [0.29, 0.717) is 19.4 Å². The van der Waals surface area contributed by atoms with Crippen molar-refractivity contribution in [2.45, 2.75) is 70.5 Å². The highest BCUT2D eigenvalue weighted by Crippen LogP contribution is 2.17. The highest BCUT2D eigenvalue weighted by Gasteiger charge is 2.31. The Kier molecular flexibility index (Phi) is 8.04. The minimum atomic E-state index is -0.748. The summed E-state index contributed by atoms with van der Waals surface area (Å²) in [6.45, 7) is 5.43. The van der Waals surface area contributed by atoms with E-state index in [1.165, 1.54) is 0 Å². The number of hydrogen-bond acceptors (Lipinski definition) is 5. The van der Waals surface area contributed by atoms with Crippen LogP contribution in [0.15, 0.2) is 0 Å². The summed E-state index contributed by atoms with van der Waals surface area (Å²) in [5.74, 6) is -0.645. The van der Waals surface area contributed by atoms with Gasteiger partial charge in [-0.2, -0.15) is 5.26 Å². The molecule has 4 N–H and O–H groups in total. The molecule has 2 fully saturated rings. The number of nitrogens with zero attached hydrogens (tertiary/aromatic N) is 1. The van der Waals surface area contributed by atoms with Gasteiger partial charge in [-0.1, -0.05) is 13.8 Å². The smallest absolute Gasteiger partial charge is 0.243 e. The standard InChI is InChI=1S/C19H31N5O3/c1-12(2)9-16(24-18(26)15-6-4-7-21-15)19(27)23-14(11-20)10-13-5-3-8-22-17(13)25/h12-16,21H,3-10H2,1-2H3,(H,22,25)(H,23,27)(H,24,26)/t13-,14-,15?,16-/m0/s1. The van der Waals surface area contributed by atoms with Gasteiger partial charge < -0.3 is 21.3 Å². The zero-order valence-corrected chi connectivity index (χ0v) is 16.2. The summed E-state index contributed by atoms with van der Waals surface area (Å²) in [5.41, 5.74) is 0. The van der Waals surface area contributed by atoms with Crippen LogP contribution in [0.2, 0.25) is 0 Å². The van der Waals surface area contributed by atoms with E-state index in [2.05, 4.69) is 27.3 Å². The Bertz CT molecular complexity index is 580. The maximum Gasteiger partial charge on any atom is 0.243 e. The fraction of sp³-hybridized carbons (Fsp3) is 0.789. The normalized spacial score (nSPS) is 24.6. The van der Waals surface area contributed by atoms with Gasteiger partial charge in [-0.15, -0.1) is 0 Å². The molecule has 150 valence electrons. The molecule has 2 rings (SSSR count). The lowest BCUT2D eigenvalue weighted by atomic mass is 9.91. The van der Waals surface area contributed by atoms with E-state index >= 15 is 0 Å². The first-order chi connectivity index (χ1) is 12.9. The molecule has 1 unspecified atom stereocenters. The molecule has 0 bridgehead atoms. The molecule has 3 amide bonds. The topological polar surface area (TPSA) is 123 Å². The molecule has 0 spiro atoms. The number of carbonyl (C=O) groups is 3. The lowest BCUT2D eigenvalue weighted by Gasteiger charge is -2.26. The van der Waals surface area contributed by atoms with Crippen molar-refractivity contribution in [1.82, 2.24) is 21.3 Å². The zero-order valence-electron chi connectivity index (χ0n) is 16.2. The molecule has 27 heavy (non-hydrogen) atoms. The van der Waals surface area contributed by atoms with Crippen LogP contribution >= 0.6 is 0 Å². The monoisotopic (exact) mass is 377 g/mol. The van der Waals surface area contributed by atoms with Crippen LogP contribution in [0.4, 0.5) is 0 Å². The summed E-state index contributed by atoms with van der Waals surface area (Å²) in [5, 5.41) is 20.9. The molecular weight excluding hydrogens is 346 g/mol.